The van der Waals surface area contributed by atoms with Gasteiger partial charge in [-0.15, -0.1) is 0 Å². The Kier molecular flexibility index (Phi) is 7.08. The second-order valence-electron chi connectivity index (χ2n) is 8.91. The van der Waals surface area contributed by atoms with E-state index in [4.69, 9.17) is 4.74 Å². The van der Waals surface area contributed by atoms with Gasteiger partial charge in [-0.3, -0.25) is 14.4 Å². The zero-order valence-electron chi connectivity index (χ0n) is 17.7. The standard InChI is InChI=1S/C21H33N3O4/c1-13(2)21(5,12-22)23-18(25)11-28-20(27)16-9-19(26)24(10-16)17-8-6-7-14(3)15(17)4/h13-17H,6-11H2,1-5H3,(H,23,25)/t14-,15-,16-,17+,21+/m1/s1. The van der Waals surface area contributed by atoms with Crippen molar-refractivity contribution in [1.82, 2.24) is 10.2 Å². The van der Waals surface area contributed by atoms with Crippen molar-refractivity contribution in [2.45, 2.75) is 71.9 Å². The monoisotopic (exact) mass is 391 g/mol. The first-order chi connectivity index (χ1) is 13.1. The second kappa shape index (κ2) is 8.93. The van der Waals surface area contributed by atoms with Gasteiger partial charge in [-0.2, -0.15) is 5.26 Å². The van der Waals surface area contributed by atoms with Crippen LogP contribution in [-0.2, 0) is 19.1 Å². The van der Waals surface area contributed by atoms with Crippen molar-refractivity contribution in [1.29, 1.82) is 5.26 Å². The van der Waals surface area contributed by atoms with Crippen LogP contribution in [0.4, 0.5) is 0 Å². The first kappa shape index (κ1) is 22.2. The third-order valence-electron chi connectivity index (χ3n) is 6.69. The molecule has 1 saturated carbocycles. The molecule has 2 aliphatic rings. The van der Waals surface area contributed by atoms with Crippen LogP contribution in [0.15, 0.2) is 0 Å². The highest BCUT2D eigenvalue weighted by Gasteiger charge is 2.42. The number of nitriles is 1. The summed E-state index contributed by atoms with van der Waals surface area (Å²) in [6.07, 6.45) is 3.39. The minimum Gasteiger partial charge on any atom is -0.455 e. The molecule has 2 amide bonds. The van der Waals surface area contributed by atoms with Crippen LogP contribution < -0.4 is 5.32 Å². The first-order valence-electron chi connectivity index (χ1n) is 10.3. The second-order valence-corrected chi connectivity index (χ2v) is 8.91. The van der Waals surface area contributed by atoms with Gasteiger partial charge in [0.1, 0.15) is 5.54 Å². The van der Waals surface area contributed by atoms with Gasteiger partial charge in [-0.05, 0) is 31.1 Å². The summed E-state index contributed by atoms with van der Waals surface area (Å²) in [6.45, 7) is 9.62. The highest BCUT2D eigenvalue weighted by Crippen LogP contribution is 2.35. The molecule has 0 bridgehead atoms. The van der Waals surface area contributed by atoms with Crippen LogP contribution in [0.1, 0.15) is 60.3 Å². The number of amides is 2. The highest BCUT2D eigenvalue weighted by molar-refractivity contribution is 5.88. The van der Waals surface area contributed by atoms with Crippen LogP contribution in [0, 0.1) is 35.0 Å². The van der Waals surface area contributed by atoms with E-state index in [1.54, 1.807) is 6.92 Å². The quantitative estimate of drug-likeness (QED) is 0.700. The normalized spacial score (nSPS) is 29.9. The van der Waals surface area contributed by atoms with E-state index < -0.39 is 29.9 Å². The molecule has 1 saturated heterocycles. The lowest BCUT2D eigenvalue weighted by Crippen LogP contribution is -2.50. The fraction of sp³-hybridized carbons (Fsp3) is 0.810. The Morgan fingerprint density at radius 1 is 1.36 bits per heavy atom. The van der Waals surface area contributed by atoms with Crippen LogP contribution in [0.2, 0.25) is 0 Å². The molecule has 0 aromatic heterocycles. The number of esters is 1. The number of hydrogen-bond donors (Lipinski definition) is 1. The molecule has 2 rings (SSSR count). The van der Waals surface area contributed by atoms with Crippen LogP contribution in [0.5, 0.6) is 0 Å². The summed E-state index contributed by atoms with van der Waals surface area (Å²) in [6, 6.07) is 2.26. The summed E-state index contributed by atoms with van der Waals surface area (Å²) in [5.74, 6) is -0.674. The van der Waals surface area contributed by atoms with Gasteiger partial charge in [0.2, 0.25) is 5.91 Å². The molecule has 7 heteroatoms. The van der Waals surface area contributed by atoms with Crippen molar-refractivity contribution < 1.29 is 19.1 Å². The summed E-state index contributed by atoms with van der Waals surface area (Å²) in [5, 5.41) is 11.9. The smallest absolute Gasteiger partial charge is 0.311 e. The summed E-state index contributed by atoms with van der Waals surface area (Å²) in [7, 11) is 0. The molecule has 0 aromatic carbocycles. The number of ether oxygens (including phenoxy) is 1. The van der Waals surface area contributed by atoms with Gasteiger partial charge >= 0.3 is 5.97 Å². The number of nitrogens with one attached hydrogen (secondary N) is 1. The molecular weight excluding hydrogens is 358 g/mol. The van der Waals surface area contributed by atoms with Gasteiger partial charge in [-0.25, -0.2) is 0 Å². The van der Waals surface area contributed by atoms with Crippen molar-refractivity contribution in [2.75, 3.05) is 13.2 Å². The SMILES string of the molecule is CC(C)[C@](C)(C#N)NC(=O)COC(=O)[C@@H]1CC(=O)N([C@H]2CCC[C@@H](C)[C@H]2C)C1. The van der Waals surface area contributed by atoms with Crippen molar-refractivity contribution in [3.8, 4) is 6.07 Å². The van der Waals surface area contributed by atoms with Crippen molar-refractivity contribution in [3.63, 3.8) is 0 Å². The molecule has 0 aromatic rings. The molecule has 28 heavy (non-hydrogen) atoms. The fourth-order valence-electron chi connectivity index (χ4n) is 4.09. The van der Waals surface area contributed by atoms with E-state index in [0.717, 1.165) is 12.8 Å². The molecular formula is C21H33N3O4. The molecule has 1 heterocycles. The van der Waals surface area contributed by atoms with E-state index in [2.05, 4.69) is 25.2 Å². The zero-order valence-corrected chi connectivity index (χ0v) is 17.7. The lowest BCUT2D eigenvalue weighted by Gasteiger charge is -2.39. The lowest BCUT2D eigenvalue weighted by atomic mass is 9.77. The molecule has 5 atom stereocenters. The Morgan fingerprint density at radius 2 is 2.04 bits per heavy atom. The first-order valence-corrected chi connectivity index (χ1v) is 10.3. The molecule has 1 aliphatic carbocycles. The van der Waals surface area contributed by atoms with E-state index in [1.165, 1.54) is 6.42 Å². The van der Waals surface area contributed by atoms with E-state index in [1.807, 2.05) is 18.7 Å². The van der Waals surface area contributed by atoms with E-state index >= 15 is 0 Å². The minimum atomic E-state index is -1.02. The Morgan fingerprint density at radius 3 is 2.64 bits per heavy atom. The Labute approximate surface area is 167 Å². The number of nitrogens with zero attached hydrogens (tertiary/aromatic N) is 2. The molecule has 156 valence electrons. The van der Waals surface area contributed by atoms with Crippen LogP contribution >= 0.6 is 0 Å². The maximum Gasteiger partial charge on any atom is 0.311 e. The maximum absolute atomic E-state index is 12.5. The van der Waals surface area contributed by atoms with Crippen molar-refractivity contribution in [2.24, 2.45) is 23.7 Å². The number of hydrogen-bond acceptors (Lipinski definition) is 5. The lowest BCUT2D eigenvalue weighted by molar-refractivity contribution is -0.152. The maximum atomic E-state index is 12.5. The third-order valence-corrected chi connectivity index (χ3v) is 6.69. The van der Waals surface area contributed by atoms with Crippen LogP contribution in [0.3, 0.4) is 0 Å². The summed E-state index contributed by atoms with van der Waals surface area (Å²) in [5.41, 5.74) is -1.02. The molecule has 0 radical (unpaired) electrons. The zero-order chi connectivity index (χ0) is 21.1. The van der Waals surface area contributed by atoms with E-state index in [-0.39, 0.29) is 24.3 Å². The van der Waals surface area contributed by atoms with Gasteiger partial charge < -0.3 is 15.0 Å². The Bertz CT molecular complexity index is 657. The van der Waals surface area contributed by atoms with Crippen molar-refractivity contribution in [3.05, 3.63) is 0 Å². The Balaban J connectivity index is 1.88. The molecule has 1 aliphatic heterocycles. The number of likely N-dealkylation sites (tertiary alicyclic amines) is 1. The fourth-order valence-corrected chi connectivity index (χ4v) is 4.09. The highest BCUT2D eigenvalue weighted by atomic mass is 16.5. The van der Waals surface area contributed by atoms with Gasteiger partial charge in [0.05, 0.1) is 12.0 Å². The minimum absolute atomic E-state index is 0.00536. The number of carbonyl (C=O) groups excluding carboxylic acids is 3. The largest absolute Gasteiger partial charge is 0.455 e. The predicted molar refractivity (Wildman–Crippen MR) is 104 cm³/mol. The molecule has 2 fully saturated rings. The number of rotatable bonds is 6. The summed E-state index contributed by atoms with van der Waals surface area (Å²) < 4.78 is 5.15. The molecule has 1 N–H and O–H groups in total. The molecule has 0 unspecified atom stereocenters. The van der Waals surface area contributed by atoms with E-state index in [9.17, 15) is 19.6 Å². The van der Waals surface area contributed by atoms with E-state index in [0.29, 0.717) is 18.4 Å². The van der Waals surface area contributed by atoms with Gasteiger partial charge in [0.25, 0.3) is 5.91 Å². The summed E-state index contributed by atoms with van der Waals surface area (Å²) in [4.78, 5) is 38.8. The van der Waals surface area contributed by atoms with Gasteiger partial charge in [0.15, 0.2) is 6.61 Å². The molecule has 0 spiro atoms. The molecule has 7 nitrogen and oxygen atoms in total. The average molecular weight is 392 g/mol. The average Bonchev–Trinajstić information content (AvgIpc) is 3.03. The van der Waals surface area contributed by atoms with Crippen molar-refractivity contribution >= 4 is 17.8 Å². The van der Waals surface area contributed by atoms with Crippen LogP contribution in [-0.4, -0.2) is 47.4 Å². The van der Waals surface area contributed by atoms with Crippen LogP contribution in [0.25, 0.3) is 0 Å². The Hall–Kier alpha value is -2.10. The predicted octanol–water partition coefficient (Wildman–Crippen LogP) is 2.26. The summed E-state index contributed by atoms with van der Waals surface area (Å²) >= 11 is 0. The number of carbonyl (C=O) groups is 3. The third kappa shape index (κ3) is 4.84. The topological polar surface area (TPSA) is 99.5 Å². The van der Waals surface area contributed by atoms with Gasteiger partial charge in [-0.1, -0.05) is 40.5 Å². The van der Waals surface area contributed by atoms with Gasteiger partial charge in [0, 0.05) is 19.0 Å².